The average molecular weight is 385 g/mol. The molecular formula is C18H15N3O5S. The van der Waals surface area contributed by atoms with Gasteiger partial charge in [0, 0.05) is 23.2 Å². The zero-order valence-corrected chi connectivity index (χ0v) is 15.4. The largest absolute Gasteiger partial charge is 0.455 e. The van der Waals surface area contributed by atoms with Crippen molar-refractivity contribution < 1.29 is 14.5 Å². The Morgan fingerprint density at radius 1 is 1.30 bits per heavy atom. The number of ether oxygens (including phenoxy) is 1. The summed E-state index contributed by atoms with van der Waals surface area (Å²) in [5, 5.41) is 11.2. The van der Waals surface area contributed by atoms with E-state index in [9.17, 15) is 19.7 Å². The fraction of sp³-hybridized carbons (Fsp3) is 0.167. The molecule has 0 aliphatic rings. The summed E-state index contributed by atoms with van der Waals surface area (Å²) in [6.07, 6.45) is 3.46. The number of nitrogens with zero attached hydrogens (tertiary/aromatic N) is 3. The quantitative estimate of drug-likeness (QED) is 0.288. The lowest BCUT2D eigenvalue weighted by Crippen LogP contribution is -2.17. The lowest BCUT2D eigenvalue weighted by molar-refractivity contribution is -0.385. The van der Waals surface area contributed by atoms with E-state index >= 15 is 0 Å². The molecule has 9 heteroatoms. The van der Waals surface area contributed by atoms with Crippen molar-refractivity contribution in [1.82, 2.24) is 9.38 Å². The first kappa shape index (κ1) is 18.6. The molecule has 2 aromatic heterocycles. The van der Waals surface area contributed by atoms with Crippen molar-refractivity contribution >= 4 is 29.1 Å². The molecule has 0 unspecified atom stereocenters. The molecule has 8 nitrogen and oxygen atoms in total. The van der Waals surface area contributed by atoms with E-state index in [1.165, 1.54) is 34.4 Å². The molecule has 0 aliphatic carbocycles. The minimum absolute atomic E-state index is 0.139. The molecule has 2 heterocycles. The number of carbonyl (C=O) groups is 1. The number of rotatable bonds is 5. The Hall–Kier alpha value is -3.20. The maximum Gasteiger partial charge on any atom is 0.345 e. The van der Waals surface area contributed by atoms with E-state index in [2.05, 4.69) is 4.98 Å². The van der Waals surface area contributed by atoms with Crippen molar-refractivity contribution in [3.63, 3.8) is 0 Å². The summed E-state index contributed by atoms with van der Waals surface area (Å²) < 4.78 is 6.57. The van der Waals surface area contributed by atoms with Gasteiger partial charge in [-0.05, 0) is 36.9 Å². The summed E-state index contributed by atoms with van der Waals surface area (Å²) in [6.45, 7) is 1.59. The van der Waals surface area contributed by atoms with E-state index in [4.69, 9.17) is 4.74 Å². The number of benzene rings is 1. The van der Waals surface area contributed by atoms with Gasteiger partial charge in [-0.15, -0.1) is 11.8 Å². The summed E-state index contributed by atoms with van der Waals surface area (Å²) >= 11 is 1.35. The number of hydrogen-bond acceptors (Lipinski definition) is 7. The van der Waals surface area contributed by atoms with E-state index in [-0.39, 0.29) is 29.1 Å². The maximum atomic E-state index is 12.4. The van der Waals surface area contributed by atoms with Crippen LogP contribution >= 0.6 is 11.8 Å². The van der Waals surface area contributed by atoms with Gasteiger partial charge in [-0.25, -0.2) is 9.78 Å². The highest BCUT2D eigenvalue weighted by Gasteiger charge is 2.22. The smallest absolute Gasteiger partial charge is 0.345 e. The summed E-state index contributed by atoms with van der Waals surface area (Å²) in [5.41, 5.74) is 0.826. The highest BCUT2D eigenvalue weighted by molar-refractivity contribution is 7.98. The van der Waals surface area contributed by atoms with Crippen LogP contribution in [0.5, 0.6) is 0 Å². The monoisotopic (exact) mass is 385 g/mol. The maximum absolute atomic E-state index is 12.4. The Labute approximate surface area is 158 Å². The van der Waals surface area contributed by atoms with Gasteiger partial charge in [-0.1, -0.05) is 6.07 Å². The Kier molecular flexibility index (Phi) is 5.22. The number of thioether (sulfide) groups is 1. The minimum atomic E-state index is -0.844. The van der Waals surface area contributed by atoms with Gasteiger partial charge >= 0.3 is 5.97 Å². The van der Waals surface area contributed by atoms with Crippen molar-refractivity contribution in [3.05, 3.63) is 79.9 Å². The van der Waals surface area contributed by atoms with Gasteiger partial charge < -0.3 is 4.74 Å². The Morgan fingerprint density at radius 2 is 2.07 bits per heavy atom. The number of pyridine rings is 1. The second-order valence-corrected chi connectivity index (χ2v) is 6.62. The molecular weight excluding hydrogens is 370 g/mol. The summed E-state index contributed by atoms with van der Waals surface area (Å²) in [6, 6.07) is 9.02. The third-order valence-corrected chi connectivity index (χ3v) is 4.56. The van der Waals surface area contributed by atoms with Crippen molar-refractivity contribution in [3.8, 4) is 0 Å². The lowest BCUT2D eigenvalue weighted by atomic mass is 10.2. The zero-order chi connectivity index (χ0) is 19.6. The van der Waals surface area contributed by atoms with E-state index in [1.807, 2.05) is 13.0 Å². The molecule has 27 heavy (non-hydrogen) atoms. The van der Waals surface area contributed by atoms with E-state index in [1.54, 1.807) is 24.6 Å². The topological polar surface area (TPSA) is 104 Å². The highest BCUT2D eigenvalue weighted by atomic mass is 32.2. The molecule has 0 saturated carbocycles. The third-order valence-electron chi connectivity index (χ3n) is 3.83. The van der Waals surface area contributed by atoms with Crippen molar-refractivity contribution in [2.24, 2.45) is 0 Å². The molecule has 3 rings (SSSR count). The number of nitro groups is 1. The molecule has 0 spiro atoms. The van der Waals surface area contributed by atoms with Gasteiger partial charge in [0.1, 0.15) is 17.8 Å². The van der Waals surface area contributed by atoms with Crippen LogP contribution in [0.2, 0.25) is 0 Å². The minimum Gasteiger partial charge on any atom is -0.455 e. The average Bonchev–Trinajstić information content (AvgIpc) is 2.66. The molecule has 0 atom stereocenters. The van der Waals surface area contributed by atoms with Crippen LogP contribution in [0.1, 0.15) is 21.6 Å². The molecule has 0 aliphatic heterocycles. The SMILES string of the molecule is CSc1ccc([N+](=O)[O-])c(C(=O)OCc2cc(=O)n3cc(C)ccc3n2)c1. The first-order chi connectivity index (χ1) is 12.9. The Balaban J connectivity index is 1.86. The van der Waals surface area contributed by atoms with E-state index in [0.717, 1.165) is 5.56 Å². The highest BCUT2D eigenvalue weighted by Crippen LogP contribution is 2.25. The molecule has 1 aromatic carbocycles. The molecule has 0 fully saturated rings. The number of carbonyl (C=O) groups excluding carboxylic acids is 1. The van der Waals surface area contributed by atoms with Crippen LogP contribution in [-0.2, 0) is 11.3 Å². The molecule has 0 radical (unpaired) electrons. The van der Waals surface area contributed by atoms with Gasteiger partial charge in [0.25, 0.3) is 11.2 Å². The van der Waals surface area contributed by atoms with E-state index in [0.29, 0.717) is 10.5 Å². The van der Waals surface area contributed by atoms with Gasteiger partial charge in [-0.2, -0.15) is 0 Å². The first-order valence-electron chi connectivity index (χ1n) is 7.87. The third kappa shape index (κ3) is 3.98. The van der Waals surface area contributed by atoms with Crippen LogP contribution in [0.3, 0.4) is 0 Å². The number of fused-ring (bicyclic) bond motifs is 1. The Morgan fingerprint density at radius 3 is 2.78 bits per heavy atom. The van der Waals surface area contributed by atoms with Crippen molar-refractivity contribution in [2.75, 3.05) is 6.26 Å². The predicted octanol–water partition coefficient (Wildman–Crippen LogP) is 2.99. The fourth-order valence-corrected chi connectivity index (χ4v) is 2.95. The van der Waals surface area contributed by atoms with Crippen molar-refractivity contribution in [2.45, 2.75) is 18.4 Å². The van der Waals surface area contributed by atoms with Crippen LogP contribution in [0, 0.1) is 17.0 Å². The van der Waals surface area contributed by atoms with Gasteiger partial charge in [0.15, 0.2) is 0 Å². The predicted molar refractivity (Wildman–Crippen MR) is 100 cm³/mol. The summed E-state index contributed by atoms with van der Waals surface area (Å²) in [7, 11) is 0. The van der Waals surface area contributed by atoms with E-state index < -0.39 is 10.9 Å². The van der Waals surface area contributed by atoms with Gasteiger partial charge in [0.2, 0.25) is 0 Å². The Bertz CT molecular complexity index is 1110. The fourth-order valence-electron chi connectivity index (χ4n) is 2.51. The van der Waals surface area contributed by atoms with Crippen LogP contribution in [0.15, 0.2) is 52.3 Å². The molecule has 138 valence electrons. The molecule has 0 bridgehead atoms. The summed E-state index contributed by atoms with van der Waals surface area (Å²) in [5.74, 6) is -0.844. The van der Waals surface area contributed by atoms with Crippen LogP contribution in [0.4, 0.5) is 5.69 Å². The lowest BCUT2D eigenvalue weighted by Gasteiger charge is -2.08. The number of aryl methyl sites for hydroxylation is 1. The van der Waals surface area contributed by atoms with Crippen LogP contribution in [-0.4, -0.2) is 26.5 Å². The first-order valence-corrected chi connectivity index (χ1v) is 9.10. The summed E-state index contributed by atoms with van der Waals surface area (Å²) in [4.78, 5) is 40.0. The van der Waals surface area contributed by atoms with Crippen LogP contribution < -0.4 is 5.56 Å². The standard InChI is InChI=1S/C18H15N3O5S/c1-11-3-6-16-19-12(7-17(22)20(16)9-11)10-26-18(23)14-8-13(27-2)4-5-15(14)21(24)25/h3-9H,10H2,1-2H3. The zero-order valence-electron chi connectivity index (χ0n) is 14.5. The molecule has 0 saturated heterocycles. The molecule has 0 N–H and O–H groups in total. The molecule has 0 amide bonds. The number of nitro benzene ring substituents is 1. The normalized spacial score (nSPS) is 10.7. The van der Waals surface area contributed by atoms with Crippen molar-refractivity contribution in [1.29, 1.82) is 0 Å². The number of esters is 1. The molecule has 3 aromatic rings. The van der Waals surface area contributed by atoms with Crippen LogP contribution in [0.25, 0.3) is 5.65 Å². The number of hydrogen-bond donors (Lipinski definition) is 0. The van der Waals surface area contributed by atoms with Gasteiger partial charge in [0.05, 0.1) is 10.6 Å². The number of aromatic nitrogens is 2. The van der Waals surface area contributed by atoms with Gasteiger partial charge in [-0.3, -0.25) is 19.3 Å². The second-order valence-electron chi connectivity index (χ2n) is 5.74. The second kappa shape index (κ2) is 7.58.